The summed E-state index contributed by atoms with van der Waals surface area (Å²) in [5.74, 6) is -1.18. The predicted octanol–water partition coefficient (Wildman–Crippen LogP) is 12.6. The van der Waals surface area contributed by atoms with E-state index in [2.05, 4.69) is 53.3 Å². The number of carbonyl (C=O) groups is 2. The number of nitrogens with zero attached hydrogens (tertiary/aromatic N) is 5. The molecule has 13 rings (SSSR count). The number of benzene rings is 6. The molecule has 16 nitrogen and oxygen atoms in total. The third-order valence-corrected chi connectivity index (χ3v) is 19.3. The van der Waals surface area contributed by atoms with Gasteiger partial charge < -0.3 is 29.1 Å². The van der Waals surface area contributed by atoms with E-state index < -0.39 is 43.5 Å². The van der Waals surface area contributed by atoms with Crippen LogP contribution in [0, 0.1) is 18.6 Å². The van der Waals surface area contributed by atoms with E-state index in [1.165, 1.54) is 92.0 Å². The topological polar surface area (TPSA) is 210 Å². The lowest BCUT2D eigenvalue weighted by Gasteiger charge is -2.23. The number of rotatable bonds is 13. The molecule has 3 N–H and O–H groups in total. The van der Waals surface area contributed by atoms with E-state index in [1.54, 1.807) is 30.3 Å². The van der Waals surface area contributed by atoms with Crippen LogP contribution in [0.15, 0.2) is 154 Å². The molecule has 0 bridgehead atoms. The zero-order chi connectivity index (χ0) is 63.0. The molecule has 0 fully saturated rings. The molecule has 0 unspecified atom stereocenters. The van der Waals surface area contributed by atoms with Crippen molar-refractivity contribution < 1.29 is 49.1 Å². The minimum atomic E-state index is -3.72. The molecule has 0 radical (unpaired) electrons. The molecule has 452 valence electrons. The number of amides is 2. The number of aryl methyl sites for hydroxylation is 3. The van der Waals surface area contributed by atoms with Gasteiger partial charge in [0.2, 0.25) is 20.0 Å². The van der Waals surface area contributed by atoms with Gasteiger partial charge in [-0.3, -0.25) is 18.2 Å². The van der Waals surface area contributed by atoms with Crippen LogP contribution in [0.4, 0.5) is 20.2 Å². The molecule has 0 saturated carbocycles. The molecule has 0 spiro atoms. The van der Waals surface area contributed by atoms with Gasteiger partial charge in [-0.2, -0.15) is 0 Å². The summed E-state index contributed by atoms with van der Waals surface area (Å²) in [6.07, 6.45) is 4.12. The number of nitrogens with one attached hydrogen (secondary N) is 2. The Labute approximate surface area is 512 Å². The molecule has 0 saturated heterocycles. The molecular formula is C69H61F2N7O9S2. The van der Waals surface area contributed by atoms with Crippen LogP contribution in [0.5, 0.6) is 0 Å². The first-order valence-corrected chi connectivity index (χ1v) is 32.3. The SMILES string of the molecule is CNC(=O)c1c(-c2ccc(F)cc2)oc2cc(N(C)S(C)(=O)=O)c(-c3ccc(CCO)c(C4=C(C)c5ccccc5C4)n3)cc12.CNC(=O)c1c(-c2ccc(F)cc2)oc2cc(N(C)S(C)(=O)=O)c(-c3ccc4c(n3)-c3c(C)c5ccccc5n3CC4)cc12. The first kappa shape index (κ1) is 59.6. The van der Waals surface area contributed by atoms with Crippen molar-refractivity contribution in [3.05, 3.63) is 202 Å². The quantitative estimate of drug-likeness (QED) is 0.0988. The lowest BCUT2D eigenvalue weighted by atomic mass is 9.97. The molecule has 1 aliphatic carbocycles. The number of fused-ring (bicyclic) bond motifs is 8. The number of pyridine rings is 2. The van der Waals surface area contributed by atoms with E-state index in [0.717, 1.165) is 85.8 Å². The largest absolute Gasteiger partial charge is 0.455 e. The number of furan rings is 2. The van der Waals surface area contributed by atoms with Crippen LogP contribution in [0.25, 0.3) is 101 Å². The molecule has 0 atom stereocenters. The Kier molecular flexibility index (Phi) is 15.4. The van der Waals surface area contributed by atoms with Gasteiger partial charge in [0.15, 0.2) is 0 Å². The minimum Gasteiger partial charge on any atom is -0.455 e. The Morgan fingerprint density at radius 1 is 0.618 bits per heavy atom. The summed E-state index contributed by atoms with van der Waals surface area (Å²) < 4.78 is 95.9. The number of anilines is 2. The van der Waals surface area contributed by atoms with E-state index in [4.69, 9.17) is 18.8 Å². The Bertz CT molecular complexity index is 4990. The average Bonchev–Trinajstić information content (AvgIpc) is 1.83. The molecule has 2 amide bonds. The van der Waals surface area contributed by atoms with Gasteiger partial charge in [-0.25, -0.2) is 35.6 Å². The maximum absolute atomic E-state index is 13.8. The van der Waals surface area contributed by atoms with E-state index in [1.807, 2.05) is 42.5 Å². The fourth-order valence-corrected chi connectivity index (χ4v) is 13.2. The summed E-state index contributed by atoms with van der Waals surface area (Å²) in [5.41, 5.74) is 16.1. The Morgan fingerprint density at radius 2 is 1.12 bits per heavy atom. The van der Waals surface area contributed by atoms with Crippen LogP contribution in [0.3, 0.4) is 0 Å². The molecule has 5 aromatic heterocycles. The Hall–Kier alpha value is -9.76. The van der Waals surface area contributed by atoms with E-state index in [0.29, 0.717) is 74.2 Å². The van der Waals surface area contributed by atoms with Crippen LogP contribution in [0.1, 0.15) is 61.2 Å². The molecule has 6 aromatic carbocycles. The normalized spacial score (nSPS) is 12.8. The summed E-state index contributed by atoms with van der Waals surface area (Å²) in [4.78, 5) is 36.8. The summed E-state index contributed by atoms with van der Waals surface area (Å²) in [6, 6.07) is 42.1. The van der Waals surface area contributed by atoms with Gasteiger partial charge in [-0.1, -0.05) is 54.6 Å². The number of hydrogen-bond donors (Lipinski definition) is 3. The zero-order valence-corrected chi connectivity index (χ0v) is 51.5. The van der Waals surface area contributed by atoms with Crippen molar-refractivity contribution in [3.8, 4) is 56.6 Å². The third-order valence-electron chi connectivity index (χ3n) is 16.9. The highest BCUT2D eigenvalue weighted by Gasteiger charge is 2.31. The number of allylic oxidation sites excluding steroid dienone is 2. The summed E-state index contributed by atoms with van der Waals surface area (Å²) in [5, 5.41) is 17.3. The molecule has 6 heterocycles. The van der Waals surface area contributed by atoms with Crippen molar-refractivity contribution >= 4 is 87.2 Å². The average molecular weight is 1230 g/mol. The molecule has 11 aromatic rings. The third kappa shape index (κ3) is 10.7. The van der Waals surface area contributed by atoms with Crippen molar-refractivity contribution in [3.63, 3.8) is 0 Å². The standard InChI is InChI=1S/C35H32FN3O5S.C34H29FN4O4S/c1-20-25-8-6-5-7-23(25)17-26(20)33-21(15-16-40)11-14-29(38-33)27-18-28-31(19-30(27)39(3)45(4,42)43)44-34(32(28)35(41)37-2)22-9-12-24(36)13-10-22;1-19-23-7-5-6-8-27(23)39-16-15-20-11-14-26(37-31(20)32(19)39)24-17-25-29(18-28(24)38(3)44(4,41)42)43-33(30(25)34(40)36-2)21-9-12-22(35)13-10-21/h5-14,18-19,40H,15-17H2,1-4H3,(H,37,41);5-14,17-18H,15-16H2,1-4H3,(H,36,40). The van der Waals surface area contributed by atoms with E-state index in [-0.39, 0.29) is 34.8 Å². The number of aliphatic hydroxyl groups is 1. The van der Waals surface area contributed by atoms with Crippen molar-refractivity contribution in [2.24, 2.45) is 0 Å². The molecule has 20 heteroatoms. The smallest absolute Gasteiger partial charge is 0.255 e. The monoisotopic (exact) mass is 1230 g/mol. The highest BCUT2D eigenvalue weighted by Crippen LogP contribution is 2.46. The number of halogens is 2. The van der Waals surface area contributed by atoms with Crippen molar-refractivity contribution in [2.75, 3.05) is 55.9 Å². The lowest BCUT2D eigenvalue weighted by molar-refractivity contribution is 0.0956. The Balaban J connectivity index is 0.000000173. The predicted molar refractivity (Wildman–Crippen MR) is 346 cm³/mol. The van der Waals surface area contributed by atoms with Gasteiger partial charge in [0.1, 0.15) is 34.3 Å². The van der Waals surface area contributed by atoms with Crippen LogP contribution in [-0.4, -0.2) is 95.6 Å². The maximum Gasteiger partial charge on any atom is 0.255 e. The van der Waals surface area contributed by atoms with Gasteiger partial charge in [-0.15, -0.1) is 0 Å². The maximum atomic E-state index is 13.8. The van der Waals surface area contributed by atoms with Gasteiger partial charge in [0, 0.05) is 104 Å². The zero-order valence-electron chi connectivity index (χ0n) is 49.9. The number of aromatic nitrogens is 3. The van der Waals surface area contributed by atoms with Crippen molar-refractivity contribution in [2.45, 2.75) is 39.7 Å². The van der Waals surface area contributed by atoms with Crippen LogP contribution in [-0.2, 0) is 45.9 Å². The van der Waals surface area contributed by atoms with Crippen LogP contribution >= 0.6 is 0 Å². The fraction of sp³-hybridized carbons (Fsp3) is 0.188. The second-order valence-corrected chi connectivity index (χ2v) is 26.2. The van der Waals surface area contributed by atoms with Gasteiger partial charge in [0.25, 0.3) is 11.8 Å². The second-order valence-electron chi connectivity index (χ2n) is 22.2. The van der Waals surface area contributed by atoms with Gasteiger partial charge in [-0.05, 0) is 145 Å². The highest BCUT2D eigenvalue weighted by atomic mass is 32.2. The number of carbonyl (C=O) groups excluding carboxylic acids is 2. The summed E-state index contributed by atoms with van der Waals surface area (Å²) in [7, 11) is -1.46. The fourth-order valence-electron chi connectivity index (χ4n) is 12.2. The Morgan fingerprint density at radius 3 is 1.64 bits per heavy atom. The number of para-hydroxylation sites is 1. The highest BCUT2D eigenvalue weighted by molar-refractivity contribution is 7.92. The lowest BCUT2D eigenvalue weighted by Crippen LogP contribution is -2.25. The van der Waals surface area contributed by atoms with Crippen LogP contribution < -0.4 is 19.2 Å². The number of hydrogen-bond acceptors (Lipinski definition) is 11. The van der Waals surface area contributed by atoms with Gasteiger partial charge in [0.05, 0.1) is 63.5 Å². The van der Waals surface area contributed by atoms with Crippen LogP contribution in [0.2, 0.25) is 0 Å². The molecule has 2 aliphatic rings. The van der Waals surface area contributed by atoms with E-state index >= 15 is 0 Å². The number of aliphatic hydroxyl groups excluding tert-OH is 1. The van der Waals surface area contributed by atoms with Crippen molar-refractivity contribution in [1.29, 1.82) is 0 Å². The molecular weight excluding hydrogens is 1170 g/mol. The minimum absolute atomic E-state index is 0.0575. The second kappa shape index (κ2) is 23.1. The van der Waals surface area contributed by atoms with Gasteiger partial charge >= 0.3 is 0 Å². The van der Waals surface area contributed by atoms with E-state index in [9.17, 15) is 40.3 Å². The first-order valence-electron chi connectivity index (χ1n) is 28.6. The summed E-state index contributed by atoms with van der Waals surface area (Å²) in [6.45, 7) is 4.94. The van der Waals surface area contributed by atoms with Crippen molar-refractivity contribution in [1.82, 2.24) is 25.2 Å². The first-order chi connectivity index (χ1) is 42.6. The molecule has 1 aliphatic heterocycles. The summed E-state index contributed by atoms with van der Waals surface area (Å²) >= 11 is 0. The molecule has 89 heavy (non-hydrogen) atoms. The number of sulfonamides is 2.